The van der Waals surface area contributed by atoms with Gasteiger partial charge in [-0.05, 0) is 46.1 Å². The Kier molecular flexibility index (Phi) is 4.00. The Morgan fingerprint density at radius 3 is 2.68 bits per heavy atom. The van der Waals surface area contributed by atoms with Gasteiger partial charge in [-0.25, -0.2) is 4.79 Å². The number of hydrogen-bond acceptors (Lipinski definition) is 4. The number of nitriles is 1. The van der Waals surface area contributed by atoms with Crippen molar-refractivity contribution in [3.63, 3.8) is 0 Å². The highest BCUT2D eigenvalue weighted by Gasteiger charge is 2.43. The van der Waals surface area contributed by atoms with Gasteiger partial charge in [-0.3, -0.25) is 0 Å². The van der Waals surface area contributed by atoms with E-state index in [9.17, 15) is 4.79 Å². The smallest absolute Gasteiger partial charge is 0.410 e. The number of carbonyl (C=O) groups is 1. The number of ether oxygens (including phenoxy) is 1. The number of hydrogen-bond donors (Lipinski definition) is 1. The zero-order chi connectivity index (χ0) is 14.0. The minimum Gasteiger partial charge on any atom is -0.444 e. The summed E-state index contributed by atoms with van der Waals surface area (Å²) in [6.45, 7) is 7.22. The largest absolute Gasteiger partial charge is 0.444 e. The molecule has 0 bridgehead atoms. The molecule has 0 aromatic carbocycles. The van der Waals surface area contributed by atoms with E-state index >= 15 is 0 Å². The summed E-state index contributed by atoms with van der Waals surface area (Å²) in [7, 11) is 0. The minimum atomic E-state index is -0.485. The highest BCUT2D eigenvalue weighted by atomic mass is 16.6. The van der Waals surface area contributed by atoms with E-state index in [1.807, 2.05) is 20.8 Å². The summed E-state index contributed by atoms with van der Waals surface area (Å²) >= 11 is 0. The number of nitrogens with zero attached hydrogens (tertiary/aromatic N) is 2. The minimum absolute atomic E-state index is 0.0430. The standard InChI is InChI=1S/C14H23N3O2/c1-14(2,3)19-13(18)17-9-11(12(17)6-7-15)16-8-10-4-5-10/h10-12,16H,4-6,8-9H2,1-3H3. The number of rotatable bonds is 4. The lowest BCUT2D eigenvalue weighted by Crippen LogP contribution is -2.67. The summed E-state index contributed by atoms with van der Waals surface area (Å²) in [6.07, 6.45) is 2.66. The molecular weight excluding hydrogens is 242 g/mol. The normalized spacial score (nSPS) is 26.5. The molecule has 1 amide bonds. The average molecular weight is 265 g/mol. The van der Waals surface area contributed by atoms with Crippen LogP contribution < -0.4 is 5.32 Å². The summed E-state index contributed by atoms with van der Waals surface area (Å²) < 4.78 is 5.35. The van der Waals surface area contributed by atoms with Gasteiger partial charge in [0.25, 0.3) is 0 Å². The molecule has 2 rings (SSSR count). The van der Waals surface area contributed by atoms with Crippen molar-refractivity contribution < 1.29 is 9.53 Å². The zero-order valence-corrected chi connectivity index (χ0v) is 12.0. The van der Waals surface area contributed by atoms with Gasteiger partial charge in [-0.15, -0.1) is 0 Å². The molecule has 1 heterocycles. The molecule has 5 nitrogen and oxygen atoms in total. The molecule has 1 aliphatic heterocycles. The second-order valence-electron chi connectivity index (χ2n) is 6.52. The Balaban J connectivity index is 1.84. The van der Waals surface area contributed by atoms with Crippen LogP contribution in [0.2, 0.25) is 0 Å². The lowest BCUT2D eigenvalue weighted by atomic mass is 9.94. The van der Waals surface area contributed by atoms with Gasteiger partial charge in [0.05, 0.1) is 18.5 Å². The molecule has 0 aromatic rings. The maximum absolute atomic E-state index is 12.0. The molecule has 2 fully saturated rings. The van der Waals surface area contributed by atoms with Gasteiger partial charge < -0.3 is 15.0 Å². The van der Waals surface area contributed by atoms with E-state index in [-0.39, 0.29) is 18.2 Å². The quantitative estimate of drug-likeness (QED) is 0.843. The molecule has 1 saturated carbocycles. The predicted octanol–water partition coefficient (Wildman–Crippen LogP) is 1.89. The van der Waals surface area contributed by atoms with E-state index in [4.69, 9.17) is 10.00 Å². The molecule has 106 valence electrons. The molecular formula is C14H23N3O2. The van der Waals surface area contributed by atoms with Crippen molar-refractivity contribution in [3.8, 4) is 6.07 Å². The van der Waals surface area contributed by atoms with Crippen LogP contribution in [0.25, 0.3) is 0 Å². The van der Waals surface area contributed by atoms with Crippen LogP contribution in [-0.2, 0) is 4.74 Å². The van der Waals surface area contributed by atoms with Crippen LogP contribution in [-0.4, -0.2) is 41.8 Å². The van der Waals surface area contributed by atoms with E-state index in [0.29, 0.717) is 13.0 Å². The van der Waals surface area contributed by atoms with E-state index in [1.54, 1.807) is 4.90 Å². The first-order chi connectivity index (χ1) is 8.90. The Morgan fingerprint density at radius 1 is 1.47 bits per heavy atom. The van der Waals surface area contributed by atoms with Crippen LogP contribution in [0.5, 0.6) is 0 Å². The van der Waals surface area contributed by atoms with Crippen molar-refractivity contribution >= 4 is 6.09 Å². The molecule has 0 spiro atoms. The van der Waals surface area contributed by atoms with Crippen LogP contribution >= 0.6 is 0 Å². The first-order valence-corrected chi connectivity index (χ1v) is 7.00. The monoisotopic (exact) mass is 265 g/mol. The van der Waals surface area contributed by atoms with Crippen LogP contribution in [0, 0.1) is 17.2 Å². The fourth-order valence-electron chi connectivity index (χ4n) is 2.27. The summed E-state index contributed by atoms with van der Waals surface area (Å²) in [5, 5.41) is 12.3. The highest BCUT2D eigenvalue weighted by molar-refractivity contribution is 5.70. The Bertz CT molecular complexity index is 379. The van der Waals surface area contributed by atoms with Gasteiger partial charge in [0, 0.05) is 12.6 Å². The number of likely N-dealkylation sites (tertiary alicyclic amines) is 1. The molecule has 2 aliphatic rings. The zero-order valence-electron chi connectivity index (χ0n) is 12.0. The van der Waals surface area contributed by atoms with E-state index in [0.717, 1.165) is 12.5 Å². The average Bonchev–Trinajstić information content (AvgIpc) is 3.05. The predicted molar refractivity (Wildman–Crippen MR) is 71.5 cm³/mol. The van der Waals surface area contributed by atoms with Crippen molar-refractivity contribution in [2.75, 3.05) is 13.1 Å². The van der Waals surface area contributed by atoms with E-state index in [2.05, 4.69) is 11.4 Å². The molecule has 19 heavy (non-hydrogen) atoms. The van der Waals surface area contributed by atoms with Gasteiger partial charge in [0.2, 0.25) is 0 Å². The lowest BCUT2D eigenvalue weighted by molar-refractivity contribution is -0.0176. The van der Waals surface area contributed by atoms with Gasteiger partial charge in [0.15, 0.2) is 0 Å². The van der Waals surface area contributed by atoms with E-state index < -0.39 is 5.60 Å². The van der Waals surface area contributed by atoms with Crippen LogP contribution in [0.4, 0.5) is 4.79 Å². The summed E-state index contributed by atoms with van der Waals surface area (Å²) in [5.41, 5.74) is -0.485. The third-order valence-corrected chi connectivity index (χ3v) is 3.55. The Hall–Kier alpha value is -1.28. The molecule has 2 unspecified atom stereocenters. The number of carbonyl (C=O) groups excluding carboxylic acids is 1. The van der Waals surface area contributed by atoms with Crippen LogP contribution in [0.3, 0.4) is 0 Å². The topological polar surface area (TPSA) is 65.4 Å². The van der Waals surface area contributed by atoms with E-state index in [1.165, 1.54) is 12.8 Å². The molecule has 0 radical (unpaired) electrons. The lowest BCUT2D eigenvalue weighted by Gasteiger charge is -2.47. The van der Waals surface area contributed by atoms with Crippen LogP contribution in [0.15, 0.2) is 0 Å². The van der Waals surface area contributed by atoms with Gasteiger partial charge in [-0.2, -0.15) is 5.26 Å². The van der Waals surface area contributed by atoms with Crippen molar-refractivity contribution in [3.05, 3.63) is 0 Å². The highest BCUT2D eigenvalue weighted by Crippen LogP contribution is 2.29. The molecule has 1 aliphatic carbocycles. The fraction of sp³-hybridized carbons (Fsp3) is 0.857. The molecule has 0 aromatic heterocycles. The van der Waals surface area contributed by atoms with Crippen molar-refractivity contribution in [1.29, 1.82) is 5.26 Å². The van der Waals surface area contributed by atoms with Crippen LogP contribution in [0.1, 0.15) is 40.0 Å². The number of amides is 1. The first-order valence-electron chi connectivity index (χ1n) is 7.00. The summed E-state index contributed by atoms with van der Waals surface area (Å²) in [6, 6.07) is 2.36. The second kappa shape index (κ2) is 5.38. The third-order valence-electron chi connectivity index (χ3n) is 3.55. The summed E-state index contributed by atoms with van der Waals surface area (Å²) in [5.74, 6) is 0.804. The first kappa shape index (κ1) is 14.1. The molecule has 1 saturated heterocycles. The second-order valence-corrected chi connectivity index (χ2v) is 6.52. The maximum Gasteiger partial charge on any atom is 0.410 e. The molecule has 2 atom stereocenters. The summed E-state index contributed by atoms with van der Waals surface area (Å²) in [4.78, 5) is 13.7. The Morgan fingerprint density at radius 2 is 2.16 bits per heavy atom. The fourth-order valence-corrected chi connectivity index (χ4v) is 2.27. The maximum atomic E-state index is 12.0. The van der Waals surface area contributed by atoms with Crippen molar-refractivity contribution in [1.82, 2.24) is 10.2 Å². The van der Waals surface area contributed by atoms with Gasteiger partial charge >= 0.3 is 6.09 Å². The molecule has 1 N–H and O–H groups in total. The number of nitrogens with one attached hydrogen (secondary N) is 1. The van der Waals surface area contributed by atoms with Gasteiger partial charge in [-0.1, -0.05) is 0 Å². The van der Waals surface area contributed by atoms with Crippen molar-refractivity contribution in [2.24, 2.45) is 5.92 Å². The SMILES string of the molecule is CC(C)(C)OC(=O)N1CC(NCC2CC2)C1CC#N. The third kappa shape index (κ3) is 3.84. The van der Waals surface area contributed by atoms with Crippen molar-refractivity contribution in [2.45, 2.75) is 57.7 Å². The molecule has 5 heteroatoms. The Labute approximate surface area is 114 Å². The van der Waals surface area contributed by atoms with Gasteiger partial charge in [0.1, 0.15) is 5.60 Å².